The topological polar surface area (TPSA) is 63.0 Å². The SMILES string of the molecule is COc1ccc2c(=O)c3c(oc2c1)C(=O)N(CCN(C)C)[C@@H]3c1ccccc1F. The average Bonchev–Trinajstić information content (AvgIpc) is 2.98. The summed E-state index contributed by atoms with van der Waals surface area (Å²) < 4.78 is 25.7. The van der Waals surface area contributed by atoms with Gasteiger partial charge in [0.1, 0.15) is 17.1 Å². The van der Waals surface area contributed by atoms with Crippen molar-refractivity contribution in [3.63, 3.8) is 0 Å². The van der Waals surface area contributed by atoms with Crippen molar-refractivity contribution in [2.24, 2.45) is 0 Å². The van der Waals surface area contributed by atoms with Crippen LogP contribution in [0.3, 0.4) is 0 Å². The summed E-state index contributed by atoms with van der Waals surface area (Å²) in [5.74, 6) is -0.414. The van der Waals surface area contributed by atoms with E-state index in [-0.39, 0.29) is 27.9 Å². The number of likely N-dealkylation sites (N-methyl/N-ethyl adjacent to an activating group) is 1. The fourth-order valence-corrected chi connectivity index (χ4v) is 3.68. The largest absolute Gasteiger partial charge is 0.497 e. The van der Waals surface area contributed by atoms with Crippen LogP contribution in [0.5, 0.6) is 5.75 Å². The summed E-state index contributed by atoms with van der Waals surface area (Å²) in [4.78, 5) is 29.9. The fraction of sp³-hybridized carbons (Fsp3) is 0.273. The normalized spacial score (nSPS) is 16.0. The van der Waals surface area contributed by atoms with Crippen LogP contribution in [0.2, 0.25) is 0 Å². The summed E-state index contributed by atoms with van der Waals surface area (Å²) in [7, 11) is 5.28. The molecule has 0 spiro atoms. The first-order valence-corrected chi connectivity index (χ1v) is 9.27. The summed E-state index contributed by atoms with van der Waals surface area (Å²) in [5, 5.41) is 0.327. The minimum absolute atomic E-state index is 0.0391. The molecule has 0 unspecified atom stereocenters. The van der Waals surface area contributed by atoms with Gasteiger partial charge in [-0.2, -0.15) is 0 Å². The second-order valence-corrected chi connectivity index (χ2v) is 7.26. The summed E-state index contributed by atoms with van der Waals surface area (Å²) in [6.45, 7) is 0.889. The summed E-state index contributed by atoms with van der Waals surface area (Å²) >= 11 is 0. The predicted octanol–water partition coefficient (Wildman–Crippen LogP) is 3.05. The Labute approximate surface area is 167 Å². The van der Waals surface area contributed by atoms with Crippen LogP contribution in [0.1, 0.15) is 27.7 Å². The lowest BCUT2D eigenvalue weighted by molar-refractivity contribution is 0.0714. The molecule has 1 aliphatic heterocycles. The Morgan fingerprint density at radius 1 is 1.17 bits per heavy atom. The van der Waals surface area contributed by atoms with Crippen molar-refractivity contribution in [2.45, 2.75) is 6.04 Å². The number of hydrogen-bond donors (Lipinski definition) is 0. The molecule has 3 aromatic rings. The van der Waals surface area contributed by atoms with Crippen molar-refractivity contribution < 1.29 is 18.3 Å². The highest BCUT2D eigenvalue weighted by Crippen LogP contribution is 2.39. The lowest BCUT2D eigenvalue weighted by atomic mass is 9.98. The Morgan fingerprint density at radius 3 is 2.62 bits per heavy atom. The molecule has 1 aromatic heterocycles. The number of amides is 1. The Hall–Kier alpha value is -3.19. The minimum Gasteiger partial charge on any atom is -0.497 e. The lowest BCUT2D eigenvalue weighted by Crippen LogP contribution is -2.35. The standard InChI is InChI=1S/C22H21FN2O4/c1-24(2)10-11-25-19(14-6-4-5-7-16(14)23)18-20(26)15-9-8-13(28-3)12-17(15)29-21(18)22(25)27/h4-9,12,19H,10-11H2,1-3H3/t19-/m1/s1. The first-order chi connectivity index (χ1) is 13.9. The van der Waals surface area contributed by atoms with Gasteiger partial charge in [0.2, 0.25) is 5.76 Å². The summed E-state index contributed by atoms with van der Waals surface area (Å²) in [5.41, 5.74) is 0.385. The maximum Gasteiger partial charge on any atom is 0.290 e. The number of carbonyl (C=O) groups is 1. The summed E-state index contributed by atoms with van der Waals surface area (Å²) in [6, 6.07) is 10.2. The van der Waals surface area contributed by atoms with Crippen LogP contribution in [-0.2, 0) is 0 Å². The van der Waals surface area contributed by atoms with Gasteiger partial charge >= 0.3 is 0 Å². The van der Waals surface area contributed by atoms with E-state index in [0.717, 1.165) is 0 Å². The van der Waals surface area contributed by atoms with Crippen LogP contribution < -0.4 is 10.2 Å². The van der Waals surface area contributed by atoms with Gasteiger partial charge < -0.3 is 19.0 Å². The van der Waals surface area contributed by atoms with Crippen molar-refractivity contribution in [1.29, 1.82) is 0 Å². The number of ether oxygens (including phenoxy) is 1. The van der Waals surface area contributed by atoms with Gasteiger partial charge in [0, 0.05) is 24.7 Å². The quantitative estimate of drug-likeness (QED) is 0.663. The van der Waals surface area contributed by atoms with E-state index in [1.807, 2.05) is 19.0 Å². The maximum atomic E-state index is 14.7. The van der Waals surface area contributed by atoms with Crippen molar-refractivity contribution in [3.05, 3.63) is 75.4 Å². The monoisotopic (exact) mass is 396 g/mol. The zero-order chi connectivity index (χ0) is 20.7. The molecular formula is C22H21FN2O4. The molecule has 0 N–H and O–H groups in total. The van der Waals surface area contributed by atoms with Gasteiger partial charge in [-0.3, -0.25) is 9.59 Å². The summed E-state index contributed by atoms with van der Waals surface area (Å²) in [6.07, 6.45) is 0. The molecule has 2 aromatic carbocycles. The van der Waals surface area contributed by atoms with E-state index in [1.54, 1.807) is 36.4 Å². The number of nitrogens with zero attached hydrogens (tertiary/aromatic N) is 2. The molecular weight excluding hydrogens is 375 g/mol. The zero-order valence-electron chi connectivity index (χ0n) is 16.4. The number of carbonyl (C=O) groups excluding carboxylic acids is 1. The smallest absolute Gasteiger partial charge is 0.290 e. The molecule has 0 saturated heterocycles. The van der Waals surface area contributed by atoms with E-state index in [4.69, 9.17) is 9.15 Å². The van der Waals surface area contributed by atoms with E-state index in [9.17, 15) is 14.0 Å². The molecule has 0 saturated carbocycles. The first kappa shape index (κ1) is 19.1. The molecule has 1 amide bonds. The van der Waals surface area contributed by atoms with Crippen LogP contribution in [0, 0.1) is 5.82 Å². The molecule has 0 fully saturated rings. The number of rotatable bonds is 5. The maximum absolute atomic E-state index is 14.7. The molecule has 7 heteroatoms. The highest BCUT2D eigenvalue weighted by atomic mass is 19.1. The molecule has 1 aliphatic rings. The van der Waals surface area contributed by atoms with Crippen LogP contribution >= 0.6 is 0 Å². The van der Waals surface area contributed by atoms with Crippen molar-refractivity contribution >= 4 is 16.9 Å². The van der Waals surface area contributed by atoms with Crippen LogP contribution in [0.4, 0.5) is 4.39 Å². The van der Waals surface area contributed by atoms with Gasteiger partial charge in [-0.25, -0.2) is 4.39 Å². The van der Waals surface area contributed by atoms with Crippen LogP contribution in [0.15, 0.2) is 51.7 Å². The van der Waals surface area contributed by atoms with Gasteiger partial charge in [0.25, 0.3) is 5.91 Å². The average molecular weight is 396 g/mol. The molecule has 29 heavy (non-hydrogen) atoms. The van der Waals surface area contributed by atoms with E-state index in [2.05, 4.69) is 0 Å². The number of fused-ring (bicyclic) bond motifs is 2. The number of benzene rings is 2. The molecule has 150 valence electrons. The van der Waals surface area contributed by atoms with E-state index in [0.29, 0.717) is 24.2 Å². The number of hydrogen-bond acceptors (Lipinski definition) is 5. The van der Waals surface area contributed by atoms with Gasteiger partial charge in [-0.1, -0.05) is 18.2 Å². The van der Waals surface area contributed by atoms with Crippen LogP contribution in [0.25, 0.3) is 11.0 Å². The van der Waals surface area contributed by atoms with Crippen molar-refractivity contribution in [3.8, 4) is 5.75 Å². The third-order valence-corrected chi connectivity index (χ3v) is 5.16. The first-order valence-electron chi connectivity index (χ1n) is 9.27. The minimum atomic E-state index is -0.832. The Kier molecular flexibility index (Phi) is 4.84. The predicted molar refractivity (Wildman–Crippen MR) is 107 cm³/mol. The van der Waals surface area contributed by atoms with Crippen molar-refractivity contribution in [1.82, 2.24) is 9.80 Å². The number of halogens is 1. The van der Waals surface area contributed by atoms with Gasteiger partial charge in [0.15, 0.2) is 5.43 Å². The number of methoxy groups -OCH3 is 1. The van der Waals surface area contributed by atoms with E-state index in [1.165, 1.54) is 18.1 Å². The van der Waals surface area contributed by atoms with Gasteiger partial charge in [-0.05, 0) is 32.3 Å². The Balaban J connectivity index is 1.96. The molecule has 0 aliphatic carbocycles. The molecule has 6 nitrogen and oxygen atoms in total. The second kappa shape index (κ2) is 7.33. The van der Waals surface area contributed by atoms with Gasteiger partial charge in [-0.15, -0.1) is 0 Å². The van der Waals surface area contributed by atoms with Crippen molar-refractivity contribution in [2.75, 3.05) is 34.3 Å². The lowest BCUT2D eigenvalue weighted by Gasteiger charge is -2.26. The van der Waals surface area contributed by atoms with Crippen LogP contribution in [-0.4, -0.2) is 50.0 Å². The molecule has 0 radical (unpaired) electrons. The highest BCUT2D eigenvalue weighted by molar-refractivity contribution is 5.99. The van der Waals surface area contributed by atoms with Gasteiger partial charge in [0.05, 0.1) is 24.1 Å². The zero-order valence-corrected chi connectivity index (χ0v) is 16.4. The molecule has 4 rings (SSSR count). The Morgan fingerprint density at radius 2 is 1.93 bits per heavy atom. The third kappa shape index (κ3) is 3.17. The fourth-order valence-electron chi connectivity index (χ4n) is 3.68. The highest BCUT2D eigenvalue weighted by Gasteiger charge is 2.43. The third-order valence-electron chi connectivity index (χ3n) is 5.16. The molecule has 0 bridgehead atoms. The Bertz CT molecular complexity index is 1160. The van der Waals surface area contributed by atoms with E-state index < -0.39 is 17.8 Å². The molecule has 2 heterocycles. The van der Waals surface area contributed by atoms with E-state index >= 15 is 0 Å². The second-order valence-electron chi connectivity index (χ2n) is 7.26. The molecule has 1 atom stereocenters.